The standard InChI is InChI=1S/C58H42BN3/c1-37-29-31-41(32-30-37)62-52-35-42(60(39-19-9-5-10-20-39)40-21-11-6-12-22-40)33-34-45(52)48-36-47(44-24-14-13-23-43(44)38-17-7-4-8-18-38)53-46-25-15-26-49-55(46)61-56-50(58(49,2)3)27-16-28-51(56)59(62)54(48)57(53)61/h4-36H,1-3H3. The summed E-state index contributed by atoms with van der Waals surface area (Å²) in [6, 6.07) is 74.5. The summed E-state index contributed by atoms with van der Waals surface area (Å²) in [5, 5.41) is 2.65. The first kappa shape index (κ1) is 35.2. The molecule has 0 radical (unpaired) electrons. The molecule has 3 aliphatic rings. The van der Waals surface area contributed by atoms with Crippen LogP contribution in [0.3, 0.4) is 0 Å². The van der Waals surface area contributed by atoms with Gasteiger partial charge in [0, 0.05) is 55.9 Å². The Labute approximate surface area is 362 Å². The van der Waals surface area contributed by atoms with Gasteiger partial charge in [-0.1, -0.05) is 165 Å². The molecule has 4 heterocycles. The predicted molar refractivity (Wildman–Crippen MR) is 262 cm³/mol. The first-order valence-corrected chi connectivity index (χ1v) is 21.8. The van der Waals surface area contributed by atoms with Gasteiger partial charge in [-0.15, -0.1) is 0 Å². The average Bonchev–Trinajstić information content (AvgIpc) is 3.67. The van der Waals surface area contributed by atoms with Gasteiger partial charge in [-0.3, -0.25) is 0 Å². The summed E-state index contributed by atoms with van der Waals surface area (Å²) in [6.45, 7) is 6.95. The third-order valence-electron chi connectivity index (χ3n) is 14.0. The molecule has 4 heteroatoms. The summed E-state index contributed by atoms with van der Waals surface area (Å²) in [4.78, 5) is 5.05. The third-order valence-corrected chi connectivity index (χ3v) is 14.0. The van der Waals surface area contributed by atoms with E-state index < -0.39 is 0 Å². The van der Waals surface area contributed by atoms with Gasteiger partial charge in [0.1, 0.15) is 0 Å². The fourth-order valence-corrected chi connectivity index (χ4v) is 11.2. The summed E-state index contributed by atoms with van der Waals surface area (Å²) in [7, 11) is 0. The zero-order valence-electron chi connectivity index (χ0n) is 35.0. The Morgan fingerprint density at radius 2 is 1.13 bits per heavy atom. The number of hydrogen-bond donors (Lipinski definition) is 0. The SMILES string of the molecule is Cc1ccc(N2B3c4cccc5c4-n4c6c(cccc6c6c(-c7ccccc7-c7ccccc7)cc(c3c64)-c3ccc(N(c4ccccc4)c4ccccc4)cc32)C5(C)C)cc1. The molecule has 0 spiro atoms. The van der Waals surface area contributed by atoms with Gasteiger partial charge in [0.05, 0.1) is 11.0 Å². The molecule has 10 aromatic rings. The fraction of sp³-hybridized carbons (Fsp3) is 0.0690. The lowest BCUT2D eigenvalue weighted by Gasteiger charge is -2.45. The van der Waals surface area contributed by atoms with Crippen molar-refractivity contribution in [1.82, 2.24) is 4.57 Å². The van der Waals surface area contributed by atoms with Gasteiger partial charge in [-0.25, -0.2) is 0 Å². The van der Waals surface area contributed by atoms with Crippen LogP contribution in [0.1, 0.15) is 30.5 Å². The van der Waals surface area contributed by atoms with Gasteiger partial charge in [0.2, 0.25) is 0 Å². The topological polar surface area (TPSA) is 11.4 Å². The fourth-order valence-electron chi connectivity index (χ4n) is 11.2. The van der Waals surface area contributed by atoms with Crippen molar-refractivity contribution in [3.63, 3.8) is 0 Å². The zero-order chi connectivity index (χ0) is 41.3. The van der Waals surface area contributed by atoms with E-state index in [2.05, 4.69) is 235 Å². The van der Waals surface area contributed by atoms with Crippen molar-refractivity contribution in [1.29, 1.82) is 0 Å². The van der Waals surface area contributed by atoms with Crippen LogP contribution >= 0.6 is 0 Å². The van der Waals surface area contributed by atoms with Gasteiger partial charge in [-0.05, 0) is 111 Å². The van der Waals surface area contributed by atoms with Crippen LogP contribution in [0.25, 0.3) is 60.9 Å². The normalized spacial score (nSPS) is 13.8. The van der Waals surface area contributed by atoms with Crippen LogP contribution < -0.4 is 20.6 Å². The molecule has 3 nitrogen and oxygen atoms in total. The van der Waals surface area contributed by atoms with Gasteiger partial charge in [0.25, 0.3) is 0 Å². The number of benzene rings is 9. The van der Waals surface area contributed by atoms with E-state index in [1.165, 1.54) is 99.9 Å². The molecule has 0 saturated carbocycles. The molecule has 1 aromatic heterocycles. The van der Waals surface area contributed by atoms with E-state index in [-0.39, 0.29) is 12.3 Å². The Bertz CT molecular complexity index is 3400. The number of para-hydroxylation sites is 4. The summed E-state index contributed by atoms with van der Waals surface area (Å²) in [6.07, 6.45) is 0. The highest BCUT2D eigenvalue weighted by molar-refractivity contribution is 6.94. The molecule has 292 valence electrons. The van der Waals surface area contributed by atoms with Crippen LogP contribution in [0.4, 0.5) is 28.4 Å². The molecule has 62 heavy (non-hydrogen) atoms. The highest BCUT2D eigenvalue weighted by Crippen LogP contribution is 2.54. The number of nitrogens with zero attached hydrogens (tertiary/aromatic N) is 3. The van der Waals surface area contributed by atoms with Gasteiger partial charge < -0.3 is 14.3 Å². The molecular weight excluding hydrogens is 749 g/mol. The van der Waals surface area contributed by atoms with E-state index >= 15 is 0 Å². The predicted octanol–water partition coefficient (Wildman–Crippen LogP) is 13.8. The number of hydrogen-bond acceptors (Lipinski definition) is 2. The van der Waals surface area contributed by atoms with Gasteiger partial charge in [0.15, 0.2) is 0 Å². The molecule has 0 amide bonds. The maximum absolute atomic E-state index is 2.68. The number of anilines is 5. The molecule has 0 bridgehead atoms. The lowest BCUT2D eigenvalue weighted by atomic mass is 9.43. The Hall–Kier alpha value is -7.56. The Balaban J connectivity index is 1.20. The molecule has 3 aliphatic heterocycles. The number of rotatable bonds is 6. The number of fused-ring (bicyclic) bond motifs is 4. The summed E-state index contributed by atoms with van der Waals surface area (Å²) in [5.74, 6) is 0. The van der Waals surface area contributed by atoms with Crippen molar-refractivity contribution in [2.45, 2.75) is 26.2 Å². The molecular formula is C58H42BN3. The highest BCUT2D eigenvalue weighted by atomic mass is 15.2. The second-order valence-electron chi connectivity index (χ2n) is 17.7. The van der Waals surface area contributed by atoms with E-state index in [1.807, 2.05) is 0 Å². The first-order valence-electron chi connectivity index (χ1n) is 21.8. The third kappa shape index (κ3) is 4.78. The average molecular weight is 792 g/mol. The maximum Gasteiger partial charge on any atom is 0.333 e. The Morgan fingerprint density at radius 3 is 1.85 bits per heavy atom. The lowest BCUT2D eigenvalue weighted by molar-refractivity contribution is 0.631. The van der Waals surface area contributed by atoms with E-state index in [4.69, 9.17) is 0 Å². The van der Waals surface area contributed by atoms with Crippen molar-refractivity contribution in [2.24, 2.45) is 0 Å². The molecule has 0 N–H and O–H groups in total. The van der Waals surface area contributed by atoms with Crippen LogP contribution in [0.5, 0.6) is 0 Å². The van der Waals surface area contributed by atoms with E-state index in [0.717, 1.165) is 17.1 Å². The van der Waals surface area contributed by atoms with Crippen molar-refractivity contribution in [2.75, 3.05) is 9.71 Å². The van der Waals surface area contributed by atoms with E-state index in [9.17, 15) is 0 Å². The summed E-state index contributed by atoms with van der Waals surface area (Å²) in [5.41, 5.74) is 23.7. The van der Waals surface area contributed by atoms with Crippen molar-refractivity contribution in [3.8, 4) is 39.1 Å². The molecule has 9 aromatic carbocycles. The summed E-state index contributed by atoms with van der Waals surface area (Å²) < 4.78 is 2.68. The maximum atomic E-state index is 2.68. The molecule has 0 unspecified atom stereocenters. The second-order valence-corrected chi connectivity index (χ2v) is 17.7. The van der Waals surface area contributed by atoms with Crippen molar-refractivity contribution >= 4 is 68.0 Å². The molecule has 0 saturated heterocycles. The highest BCUT2D eigenvalue weighted by Gasteiger charge is 2.48. The molecule has 0 aliphatic carbocycles. The van der Waals surface area contributed by atoms with E-state index in [0.29, 0.717) is 0 Å². The Kier molecular flexibility index (Phi) is 7.37. The Morgan fingerprint density at radius 1 is 0.484 bits per heavy atom. The van der Waals surface area contributed by atoms with Crippen molar-refractivity contribution < 1.29 is 0 Å². The number of aromatic nitrogens is 1. The van der Waals surface area contributed by atoms with Crippen LogP contribution in [0.15, 0.2) is 200 Å². The van der Waals surface area contributed by atoms with Gasteiger partial charge in [-0.2, -0.15) is 0 Å². The van der Waals surface area contributed by atoms with E-state index in [1.54, 1.807) is 0 Å². The zero-order valence-corrected chi connectivity index (χ0v) is 35.0. The molecule has 0 fully saturated rings. The quantitative estimate of drug-likeness (QED) is 0.155. The minimum absolute atomic E-state index is 0.0811. The number of aryl methyl sites for hydroxylation is 1. The lowest BCUT2D eigenvalue weighted by Crippen LogP contribution is -2.61. The minimum atomic E-state index is -0.210. The van der Waals surface area contributed by atoms with Crippen LogP contribution in [-0.2, 0) is 5.41 Å². The monoisotopic (exact) mass is 791 g/mol. The van der Waals surface area contributed by atoms with Crippen LogP contribution in [0, 0.1) is 6.92 Å². The van der Waals surface area contributed by atoms with Crippen LogP contribution in [-0.4, -0.2) is 11.4 Å². The minimum Gasteiger partial charge on any atom is -0.376 e. The largest absolute Gasteiger partial charge is 0.376 e. The smallest absolute Gasteiger partial charge is 0.333 e. The second kappa shape index (κ2) is 13.0. The van der Waals surface area contributed by atoms with Crippen LogP contribution in [0.2, 0.25) is 0 Å². The molecule has 13 rings (SSSR count). The first-order chi connectivity index (χ1) is 30.5. The van der Waals surface area contributed by atoms with Crippen molar-refractivity contribution in [3.05, 3.63) is 217 Å². The molecule has 0 atom stereocenters. The summed E-state index contributed by atoms with van der Waals surface area (Å²) >= 11 is 0. The van der Waals surface area contributed by atoms with Gasteiger partial charge >= 0.3 is 6.85 Å².